The molecular weight excluding hydrogens is 446 g/mol. The molecule has 176 valence electrons. The number of aromatic nitrogens is 4. The molecule has 9 heteroatoms. The summed E-state index contributed by atoms with van der Waals surface area (Å²) in [6, 6.07) is 20.8. The number of anilines is 1. The lowest BCUT2D eigenvalue weighted by Gasteiger charge is -2.13. The first kappa shape index (κ1) is 22.1. The lowest BCUT2D eigenvalue weighted by Crippen LogP contribution is -2.06. The minimum absolute atomic E-state index is 0.228. The quantitative estimate of drug-likeness (QED) is 0.337. The van der Waals surface area contributed by atoms with E-state index in [1.165, 1.54) is 0 Å². The second-order valence-electron chi connectivity index (χ2n) is 7.59. The fourth-order valence-corrected chi connectivity index (χ4v) is 3.65. The molecule has 0 atom stereocenters. The van der Waals surface area contributed by atoms with E-state index in [2.05, 4.69) is 20.5 Å². The summed E-state index contributed by atoms with van der Waals surface area (Å²) in [6.45, 7) is 0.481. The van der Waals surface area contributed by atoms with Crippen molar-refractivity contribution in [1.29, 1.82) is 0 Å². The molecule has 2 heterocycles. The Hall–Kier alpha value is -4.66. The normalized spacial score (nSPS) is 10.8. The number of benzene rings is 3. The fraction of sp³-hybridized carbons (Fsp3) is 0.154. The van der Waals surface area contributed by atoms with Gasteiger partial charge in [-0.2, -0.15) is 0 Å². The maximum absolute atomic E-state index is 5.91. The minimum Gasteiger partial charge on any atom is -0.497 e. The highest BCUT2D eigenvalue weighted by atomic mass is 16.5. The van der Waals surface area contributed by atoms with Crippen molar-refractivity contribution in [2.24, 2.45) is 0 Å². The lowest BCUT2D eigenvalue weighted by atomic mass is 10.1. The van der Waals surface area contributed by atoms with E-state index in [1.54, 1.807) is 21.3 Å². The van der Waals surface area contributed by atoms with Crippen LogP contribution in [0, 0.1) is 0 Å². The molecule has 0 unspecified atom stereocenters. The molecule has 0 saturated heterocycles. The zero-order valence-corrected chi connectivity index (χ0v) is 19.5. The highest BCUT2D eigenvalue weighted by molar-refractivity contribution is 5.90. The fourth-order valence-electron chi connectivity index (χ4n) is 3.65. The molecule has 0 aliphatic heterocycles. The van der Waals surface area contributed by atoms with Gasteiger partial charge in [0.05, 0.1) is 26.8 Å². The van der Waals surface area contributed by atoms with Crippen molar-refractivity contribution < 1.29 is 18.6 Å². The largest absolute Gasteiger partial charge is 0.497 e. The van der Waals surface area contributed by atoms with Crippen LogP contribution in [0.3, 0.4) is 0 Å². The van der Waals surface area contributed by atoms with E-state index >= 15 is 0 Å². The molecule has 0 spiro atoms. The van der Waals surface area contributed by atoms with Crippen LogP contribution in [0.25, 0.3) is 34.1 Å². The van der Waals surface area contributed by atoms with Crippen molar-refractivity contribution in [2.45, 2.75) is 6.54 Å². The van der Waals surface area contributed by atoms with E-state index in [1.807, 2.05) is 66.7 Å². The smallest absolute Gasteiger partial charge is 0.286 e. The maximum atomic E-state index is 5.91. The van der Waals surface area contributed by atoms with Crippen LogP contribution in [-0.2, 0) is 6.54 Å². The molecule has 1 N–H and O–H groups in total. The number of nitrogens with zero attached hydrogens (tertiary/aromatic N) is 4. The summed E-state index contributed by atoms with van der Waals surface area (Å²) in [5, 5.41) is 12.6. The van der Waals surface area contributed by atoms with Crippen LogP contribution in [-0.4, -0.2) is 41.5 Å². The number of ether oxygens (including phenoxy) is 3. The Balaban J connectivity index is 1.47. The van der Waals surface area contributed by atoms with Gasteiger partial charge in [-0.05, 0) is 48.5 Å². The van der Waals surface area contributed by atoms with Crippen molar-refractivity contribution in [3.05, 3.63) is 72.3 Å². The number of nitrogens with one attached hydrogen (secondary N) is 1. The van der Waals surface area contributed by atoms with Crippen molar-refractivity contribution in [2.75, 3.05) is 26.6 Å². The Labute approximate surface area is 201 Å². The van der Waals surface area contributed by atoms with Gasteiger partial charge in [-0.3, -0.25) is 0 Å². The summed E-state index contributed by atoms with van der Waals surface area (Å²) in [7, 11) is 4.87. The molecule has 5 rings (SSSR count). The molecular formula is C26H23N5O4. The first-order valence-electron chi connectivity index (χ1n) is 10.9. The Morgan fingerprint density at radius 3 is 2.29 bits per heavy atom. The number of hydrogen-bond donors (Lipinski definition) is 1. The summed E-state index contributed by atoms with van der Waals surface area (Å²) < 4.78 is 21.9. The third kappa shape index (κ3) is 4.56. The van der Waals surface area contributed by atoms with Gasteiger partial charge in [0.15, 0.2) is 0 Å². The molecule has 9 nitrogen and oxygen atoms in total. The molecule has 0 radical (unpaired) electrons. The summed E-state index contributed by atoms with van der Waals surface area (Å²) in [4.78, 5) is 9.35. The summed E-state index contributed by atoms with van der Waals surface area (Å²) in [5.41, 5.74) is 2.48. The first-order valence-corrected chi connectivity index (χ1v) is 10.9. The van der Waals surface area contributed by atoms with Gasteiger partial charge in [-0.1, -0.05) is 12.1 Å². The Morgan fingerprint density at radius 2 is 1.51 bits per heavy atom. The van der Waals surface area contributed by atoms with Crippen LogP contribution < -0.4 is 19.5 Å². The number of methoxy groups -OCH3 is 3. The maximum Gasteiger partial charge on any atom is 0.286 e. The van der Waals surface area contributed by atoms with Crippen molar-refractivity contribution >= 4 is 16.7 Å². The topological polar surface area (TPSA) is 104 Å². The average Bonchev–Trinajstić information content (AvgIpc) is 3.42. The highest BCUT2D eigenvalue weighted by Gasteiger charge is 2.16. The molecule has 2 aromatic heterocycles. The first-order chi connectivity index (χ1) is 17.2. The second kappa shape index (κ2) is 9.68. The summed E-state index contributed by atoms with van der Waals surface area (Å²) in [5.74, 6) is 3.77. The van der Waals surface area contributed by atoms with Crippen LogP contribution >= 0.6 is 0 Å². The zero-order chi connectivity index (χ0) is 24.2. The number of para-hydroxylation sites is 1. The van der Waals surface area contributed by atoms with Gasteiger partial charge in [0, 0.05) is 29.1 Å². The Bertz CT molecular complexity index is 1470. The van der Waals surface area contributed by atoms with E-state index in [-0.39, 0.29) is 5.89 Å². The monoisotopic (exact) mass is 469 g/mol. The zero-order valence-electron chi connectivity index (χ0n) is 19.5. The van der Waals surface area contributed by atoms with Crippen LogP contribution in [0.15, 0.2) is 71.1 Å². The summed E-state index contributed by atoms with van der Waals surface area (Å²) >= 11 is 0. The molecule has 0 aliphatic rings. The third-order valence-electron chi connectivity index (χ3n) is 5.50. The van der Waals surface area contributed by atoms with Gasteiger partial charge in [-0.25, -0.2) is 9.97 Å². The Kier molecular flexibility index (Phi) is 6.13. The third-order valence-corrected chi connectivity index (χ3v) is 5.50. The molecule has 0 aliphatic carbocycles. The predicted octanol–water partition coefficient (Wildman–Crippen LogP) is 4.98. The number of hydrogen-bond acceptors (Lipinski definition) is 9. The molecule has 35 heavy (non-hydrogen) atoms. The van der Waals surface area contributed by atoms with Gasteiger partial charge < -0.3 is 23.9 Å². The Morgan fingerprint density at radius 1 is 0.771 bits per heavy atom. The van der Waals surface area contributed by atoms with E-state index in [0.29, 0.717) is 24.1 Å². The second-order valence-corrected chi connectivity index (χ2v) is 7.59. The van der Waals surface area contributed by atoms with Crippen LogP contribution in [0.4, 0.5) is 5.82 Å². The average molecular weight is 470 g/mol. The van der Waals surface area contributed by atoms with Crippen molar-refractivity contribution in [3.8, 4) is 40.4 Å². The molecule has 0 saturated carbocycles. The minimum atomic E-state index is 0.228. The van der Waals surface area contributed by atoms with Crippen molar-refractivity contribution in [3.63, 3.8) is 0 Å². The van der Waals surface area contributed by atoms with E-state index in [0.717, 1.165) is 39.3 Å². The molecule has 0 bridgehead atoms. The van der Waals surface area contributed by atoms with E-state index in [9.17, 15) is 0 Å². The molecule has 0 amide bonds. The lowest BCUT2D eigenvalue weighted by molar-refractivity contribution is 0.391. The van der Waals surface area contributed by atoms with Crippen LogP contribution in [0.5, 0.6) is 17.2 Å². The molecule has 0 fully saturated rings. The van der Waals surface area contributed by atoms with Crippen LogP contribution in [0.1, 0.15) is 5.56 Å². The van der Waals surface area contributed by atoms with Crippen LogP contribution in [0.2, 0.25) is 0 Å². The number of fused-ring (bicyclic) bond motifs is 1. The van der Waals surface area contributed by atoms with E-state index in [4.69, 9.17) is 23.6 Å². The summed E-state index contributed by atoms with van der Waals surface area (Å²) in [6.07, 6.45) is 0. The van der Waals surface area contributed by atoms with E-state index < -0.39 is 0 Å². The SMILES string of the molecule is COc1ccc(-c2nnc(-c3nc(NCc4ccc(OC)cc4OC)c4ccccc4n3)o2)cc1. The van der Waals surface area contributed by atoms with Crippen molar-refractivity contribution in [1.82, 2.24) is 20.2 Å². The predicted molar refractivity (Wildman–Crippen MR) is 132 cm³/mol. The molecule has 3 aromatic carbocycles. The van der Waals surface area contributed by atoms with Gasteiger partial charge in [0.1, 0.15) is 23.1 Å². The van der Waals surface area contributed by atoms with Gasteiger partial charge in [0.25, 0.3) is 5.89 Å². The van der Waals surface area contributed by atoms with Gasteiger partial charge >= 0.3 is 0 Å². The standard InChI is InChI=1S/C26H23N5O4/c1-32-18-11-8-16(9-12-18)25-30-31-26(35-25)24-28-21-7-5-4-6-20(21)23(29-24)27-15-17-10-13-19(33-2)14-22(17)34-3/h4-14H,15H2,1-3H3,(H,27,28,29). The van der Waals surface area contributed by atoms with Gasteiger partial charge in [0.2, 0.25) is 11.7 Å². The van der Waals surface area contributed by atoms with Gasteiger partial charge in [-0.15, -0.1) is 10.2 Å². The molecule has 5 aromatic rings. The number of rotatable bonds is 8. The highest BCUT2D eigenvalue weighted by Crippen LogP contribution is 2.29.